The fourth-order valence-electron chi connectivity index (χ4n) is 5.08. The van der Waals surface area contributed by atoms with Gasteiger partial charge in [-0.05, 0) is 131 Å². The average molecular weight is 783 g/mol. The maximum atomic E-state index is 12.3. The van der Waals surface area contributed by atoms with Gasteiger partial charge in [-0.1, -0.05) is 53.0 Å². The summed E-state index contributed by atoms with van der Waals surface area (Å²) in [6.45, 7) is 6.15. The number of nitrogens with one attached hydrogen (secondary N) is 1. The smallest absolute Gasteiger partial charge is 0.255 e. The molecule has 0 spiro atoms. The number of phenolic OH excluding ortho intramolecular Hbond substituents is 1. The number of amides is 1. The zero-order valence-corrected chi connectivity index (χ0v) is 33.0. The van der Waals surface area contributed by atoms with Gasteiger partial charge in [-0.2, -0.15) is 5.26 Å². The molecule has 0 aliphatic heterocycles. The van der Waals surface area contributed by atoms with Crippen molar-refractivity contribution < 1.29 is 19.4 Å². The Bertz CT molecular complexity index is 2340. The minimum Gasteiger partial charge on any atom is -0.507 e. The molecule has 57 heavy (non-hydrogen) atoms. The Hall–Kier alpha value is -6.82. The number of rotatable bonds is 14. The molecule has 0 radical (unpaired) electrons. The number of hydrogen-bond acceptors (Lipinski definition) is 9. The molecule has 0 aliphatic carbocycles. The molecule has 2 aromatic heterocycles. The van der Waals surface area contributed by atoms with E-state index in [9.17, 15) is 9.90 Å². The van der Waals surface area contributed by atoms with Crippen molar-refractivity contribution in [1.82, 2.24) is 20.2 Å². The van der Waals surface area contributed by atoms with E-state index in [0.717, 1.165) is 35.5 Å². The molecule has 0 saturated carbocycles. The Labute approximate surface area is 338 Å². The van der Waals surface area contributed by atoms with Gasteiger partial charge < -0.3 is 24.8 Å². The largest absolute Gasteiger partial charge is 0.507 e. The van der Waals surface area contributed by atoms with Crippen LogP contribution in [-0.2, 0) is 0 Å². The third-order valence-corrected chi connectivity index (χ3v) is 8.11. The first-order valence-electron chi connectivity index (χ1n) is 18.0. The van der Waals surface area contributed by atoms with Gasteiger partial charge >= 0.3 is 0 Å². The van der Waals surface area contributed by atoms with E-state index in [0.29, 0.717) is 59.7 Å². The molecule has 5 aromatic rings. The summed E-state index contributed by atoms with van der Waals surface area (Å²) >= 11 is 6.04. The molecular formula is C44H43ClN8O4. The van der Waals surface area contributed by atoms with Gasteiger partial charge in [0, 0.05) is 45.7 Å². The molecule has 290 valence electrons. The number of ether oxygens (including phenoxy) is 2. The van der Waals surface area contributed by atoms with Crippen LogP contribution in [0.2, 0.25) is 5.02 Å². The molecule has 0 unspecified atom stereocenters. The molecule has 12 nitrogen and oxygen atoms in total. The predicted octanol–water partition coefficient (Wildman–Crippen LogP) is 9.05. The van der Waals surface area contributed by atoms with Gasteiger partial charge in [-0.3, -0.25) is 4.79 Å². The van der Waals surface area contributed by atoms with Crippen molar-refractivity contribution in [2.75, 3.05) is 40.4 Å². The van der Waals surface area contributed by atoms with Crippen molar-refractivity contribution in [3.63, 3.8) is 0 Å². The second-order valence-electron chi connectivity index (χ2n) is 12.8. The lowest BCUT2D eigenvalue weighted by atomic mass is 10.1. The zero-order chi connectivity index (χ0) is 41.0. The van der Waals surface area contributed by atoms with Gasteiger partial charge in [0.2, 0.25) is 0 Å². The number of carbonyl (C=O) groups is 1. The summed E-state index contributed by atoms with van der Waals surface area (Å²) < 4.78 is 11.7. The highest BCUT2D eigenvalue weighted by molar-refractivity contribution is 6.30. The van der Waals surface area contributed by atoms with Gasteiger partial charge in [0.05, 0.1) is 30.4 Å². The van der Waals surface area contributed by atoms with Crippen LogP contribution in [0.1, 0.15) is 62.7 Å². The molecule has 0 saturated heterocycles. The predicted molar refractivity (Wildman–Crippen MR) is 223 cm³/mol. The third kappa shape index (κ3) is 14.7. The van der Waals surface area contributed by atoms with Crippen molar-refractivity contribution in [2.45, 2.75) is 26.7 Å². The van der Waals surface area contributed by atoms with E-state index < -0.39 is 5.91 Å². The quantitative estimate of drug-likeness (QED) is 0.0370. The van der Waals surface area contributed by atoms with Crippen LogP contribution >= 0.6 is 11.6 Å². The number of azide groups is 1. The molecule has 5 rings (SSSR count). The highest BCUT2D eigenvalue weighted by Gasteiger charge is 2.11. The van der Waals surface area contributed by atoms with E-state index in [1.807, 2.05) is 101 Å². The first-order chi connectivity index (χ1) is 27.5. The van der Waals surface area contributed by atoms with Crippen LogP contribution in [0.4, 0.5) is 5.69 Å². The van der Waals surface area contributed by atoms with Crippen molar-refractivity contribution in [3.05, 3.63) is 151 Å². The van der Waals surface area contributed by atoms with Gasteiger partial charge in [-0.15, -0.1) is 0 Å². The van der Waals surface area contributed by atoms with Crippen LogP contribution in [0.5, 0.6) is 17.2 Å². The summed E-state index contributed by atoms with van der Waals surface area (Å²) in [7, 11) is 4.08. The van der Waals surface area contributed by atoms with E-state index in [2.05, 4.69) is 48.1 Å². The van der Waals surface area contributed by atoms with Crippen LogP contribution in [0.25, 0.3) is 22.6 Å². The number of aromatic nitrogens is 2. The van der Waals surface area contributed by atoms with E-state index >= 15 is 0 Å². The second-order valence-corrected chi connectivity index (χ2v) is 13.3. The number of carbonyl (C=O) groups excluding carboxylic acids is 1. The minimum absolute atomic E-state index is 0.101. The Kier molecular flexibility index (Phi) is 17.0. The van der Waals surface area contributed by atoms with Crippen molar-refractivity contribution in [2.24, 2.45) is 5.11 Å². The van der Waals surface area contributed by atoms with Crippen LogP contribution in [0.3, 0.4) is 0 Å². The third-order valence-electron chi connectivity index (χ3n) is 7.88. The van der Waals surface area contributed by atoms with Crippen LogP contribution in [-0.4, -0.2) is 66.3 Å². The Morgan fingerprint density at radius 2 is 1.63 bits per heavy atom. The summed E-state index contributed by atoms with van der Waals surface area (Å²) in [5.74, 6) is 6.78. The number of nitriles is 1. The minimum atomic E-state index is -0.429. The maximum Gasteiger partial charge on any atom is 0.255 e. The van der Waals surface area contributed by atoms with Gasteiger partial charge in [0.1, 0.15) is 17.2 Å². The Morgan fingerprint density at radius 1 is 0.912 bits per heavy atom. The summed E-state index contributed by atoms with van der Waals surface area (Å²) in [6.07, 6.45) is 5.28. The Morgan fingerprint density at radius 3 is 2.37 bits per heavy atom. The first-order valence-corrected chi connectivity index (χ1v) is 18.4. The fraction of sp³-hybridized carbons (Fsp3) is 0.227. The number of aromatic hydroxyl groups is 1. The summed E-state index contributed by atoms with van der Waals surface area (Å²) in [5, 5.41) is 25.7. The topological polar surface area (TPSA) is 169 Å². The molecule has 0 aliphatic rings. The molecule has 2 heterocycles. The van der Waals surface area contributed by atoms with Gasteiger partial charge in [0.25, 0.3) is 5.91 Å². The van der Waals surface area contributed by atoms with Crippen molar-refractivity contribution in [3.8, 4) is 35.2 Å². The maximum absolute atomic E-state index is 12.3. The number of aryl methyl sites for hydroxylation is 2. The molecule has 13 heteroatoms. The number of pyridine rings is 2. The summed E-state index contributed by atoms with van der Waals surface area (Å²) in [5.41, 5.74) is 14.2. The Balaban J connectivity index is 0.000000266. The highest BCUT2D eigenvalue weighted by atomic mass is 35.5. The lowest BCUT2D eigenvalue weighted by Gasteiger charge is -2.11. The van der Waals surface area contributed by atoms with E-state index in [1.165, 1.54) is 18.2 Å². The second kappa shape index (κ2) is 22.5. The van der Waals surface area contributed by atoms with Crippen LogP contribution in [0.15, 0.2) is 96.1 Å². The van der Waals surface area contributed by atoms with E-state index in [-0.39, 0.29) is 17.0 Å². The van der Waals surface area contributed by atoms with Gasteiger partial charge in [0.15, 0.2) is 11.4 Å². The molecule has 3 aromatic carbocycles. The number of nitrogens with zero attached hydrogens (tertiary/aromatic N) is 7. The normalized spacial score (nSPS) is 10.3. The number of phenols is 1. The van der Waals surface area contributed by atoms with Crippen LogP contribution in [0, 0.1) is 37.0 Å². The average Bonchev–Trinajstić information content (AvgIpc) is 3.19. The number of halogens is 1. The summed E-state index contributed by atoms with van der Waals surface area (Å²) in [6, 6.07) is 28.5. The van der Waals surface area contributed by atoms with Gasteiger partial charge in [-0.25, -0.2) is 9.97 Å². The van der Waals surface area contributed by atoms with Crippen molar-refractivity contribution in [1.29, 1.82) is 5.26 Å². The lowest BCUT2D eigenvalue weighted by Crippen LogP contribution is -2.25. The number of hydrogen-bond donors (Lipinski definition) is 2. The molecule has 0 bridgehead atoms. The molecule has 0 fully saturated rings. The van der Waals surface area contributed by atoms with E-state index in [1.54, 1.807) is 12.1 Å². The zero-order valence-electron chi connectivity index (χ0n) is 32.2. The molecule has 0 atom stereocenters. The van der Waals surface area contributed by atoms with Crippen LogP contribution < -0.4 is 14.8 Å². The van der Waals surface area contributed by atoms with Crippen molar-refractivity contribution >= 4 is 35.3 Å². The highest BCUT2D eigenvalue weighted by Crippen LogP contribution is 2.24. The molecular weight excluding hydrogens is 740 g/mol. The monoisotopic (exact) mass is 782 g/mol. The first kappa shape index (κ1) is 42.9. The lowest BCUT2D eigenvalue weighted by molar-refractivity contribution is 0.0949. The SMILES string of the molecule is Cc1ccc(OCCCN(C)C)c(C#Cc2cccc(C#N)c2)n1.Cc1ccc(OCCCNC(=O)c2ccc(N=[N+]=[N-])cc2O)c(C=Cc2cccc(Cl)c2)n1. The molecule has 2 N–H and O–H groups in total. The van der Waals surface area contributed by atoms with E-state index in [4.69, 9.17) is 31.9 Å². The molecule has 1 amide bonds. The number of benzene rings is 3. The fourth-order valence-corrected chi connectivity index (χ4v) is 5.28. The summed E-state index contributed by atoms with van der Waals surface area (Å²) in [4.78, 5) is 26.0. The standard InChI is InChI=1S/C24H22ClN5O3.C20H21N3O/c1-16-6-11-23(21(28-16)10-7-17-4-2-5-18(25)14-17)33-13-3-12-27-24(32)20-9-8-19(29-30-26)15-22(20)31;1-16-8-11-20(24-13-5-12-23(2)3)19(22-16)10-9-17-6-4-7-18(14-17)15-21/h2,4-11,14-15,31H,3,12-13H2,1H3,(H,27,32);4,6-8,11,14H,5,12-13H2,1-3H3.